The van der Waals surface area contributed by atoms with Gasteiger partial charge in [-0.25, -0.2) is 0 Å². The van der Waals surface area contributed by atoms with Gasteiger partial charge in [-0.1, -0.05) is 0 Å². The second kappa shape index (κ2) is 10.4. The van der Waals surface area contributed by atoms with Gasteiger partial charge in [0.25, 0.3) is 0 Å². The maximum Gasteiger partial charge on any atom is 0.187 e. The average Bonchev–Trinajstić information content (AvgIpc) is 2.76. The summed E-state index contributed by atoms with van der Waals surface area (Å²) < 4.78 is 26.6. The number of aliphatic hydroxyl groups is 9. The standard InChI is InChI=1S/C18H32O14/c1-4-7(20)9(22)11(24)17(29-4)31-14-6(3-19)30-18(12(25)10(14)23)32-15-8(21)5(2)28-16(27)13(15)26/h4-27H,3H2,1-2H3/t4-,5-,6+,7-,8-,9+,10+,11+,12+,13+,14+,15+,16+,17+,18-/m0/s1. The van der Waals surface area contributed by atoms with Gasteiger partial charge in [0.15, 0.2) is 18.9 Å². The molecule has 0 unspecified atom stereocenters. The van der Waals surface area contributed by atoms with Gasteiger partial charge in [0.1, 0.15) is 61.0 Å². The van der Waals surface area contributed by atoms with Crippen molar-refractivity contribution in [3.05, 3.63) is 0 Å². The molecule has 3 aliphatic heterocycles. The molecule has 9 N–H and O–H groups in total. The first-order valence-corrected chi connectivity index (χ1v) is 10.3. The minimum Gasteiger partial charge on any atom is -0.394 e. The lowest BCUT2D eigenvalue weighted by Crippen LogP contribution is -2.66. The Hall–Kier alpha value is -0.560. The van der Waals surface area contributed by atoms with Gasteiger partial charge in [0.05, 0.1) is 18.8 Å². The van der Waals surface area contributed by atoms with E-state index in [1.165, 1.54) is 13.8 Å². The summed E-state index contributed by atoms with van der Waals surface area (Å²) in [7, 11) is 0. The van der Waals surface area contributed by atoms with E-state index in [9.17, 15) is 46.0 Å². The smallest absolute Gasteiger partial charge is 0.187 e. The van der Waals surface area contributed by atoms with Crippen molar-refractivity contribution in [3.63, 3.8) is 0 Å². The van der Waals surface area contributed by atoms with Crippen molar-refractivity contribution in [2.45, 2.75) is 106 Å². The lowest BCUT2D eigenvalue weighted by atomic mass is 9.96. The number of rotatable bonds is 5. The second-order valence-corrected chi connectivity index (χ2v) is 8.30. The zero-order chi connectivity index (χ0) is 23.9. The number of hydrogen-bond acceptors (Lipinski definition) is 14. The van der Waals surface area contributed by atoms with Crippen LogP contribution in [0.25, 0.3) is 0 Å². The fourth-order valence-corrected chi connectivity index (χ4v) is 3.94. The zero-order valence-electron chi connectivity index (χ0n) is 17.4. The molecule has 0 aromatic heterocycles. The van der Waals surface area contributed by atoms with Gasteiger partial charge in [-0.15, -0.1) is 0 Å². The molecule has 3 rings (SSSR count). The van der Waals surface area contributed by atoms with Crippen LogP contribution in [0, 0.1) is 0 Å². The molecule has 0 radical (unpaired) electrons. The van der Waals surface area contributed by atoms with Gasteiger partial charge < -0.3 is 69.6 Å². The van der Waals surface area contributed by atoms with Gasteiger partial charge in [-0.3, -0.25) is 0 Å². The number of aliphatic hydroxyl groups excluding tert-OH is 9. The molecule has 32 heavy (non-hydrogen) atoms. The van der Waals surface area contributed by atoms with E-state index in [-0.39, 0.29) is 0 Å². The molecule has 0 spiro atoms. The van der Waals surface area contributed by atoms with Gasteiger partial charge in [0.2, 0.25) is 0 Å². The Morgan fingerprint density at radius 3 is 1.72 bits per heavy atom. The summed E-state index contributed by atoms with van der Waals surface area (Å²) >= 11 is 0. The molecule has 3 fully saturated rings. The Morgan fingerprint density at radius 1 is 0.562 bits per heavy atom. The predicted octanol–water partition coefficient (Wildman–Crippen LogP) is -5.52. The maximum absolute atomic E-state index is 10.6. The summed E-state index contributed by atoms with van der Waals surface area (Å²) in [4.78, 5) is 0. The van der Waals surface area contributed by atoms with Gasteiger partial charge in [0, 0.05) is 0 Å². The molecule has 0 saturated carbocycles. The van der Waals surface area contributed by atoms with Gasteiger partial charge in [-0.05, 0) is 13.8 Å². The quantitative estimate of drug-likeness (QED) is 0.182. The highest BCUT2D eigenvalue weighted by Gasteiger charge is 2.52. The largest absolute Gasteiger partial charge is 0.394 e. The fourth-order valence-electron chi connectivity index (χ4n) is 3.94. The van der Waals surface area contributed by atoms with Crippen LogP contribution in [0.15, 0.2) is 0 Å². The summed E-state index contributed by atoms with van der Waals surface area (Å²) in [6.07, 6.45) is -22.4. The van der Waals surface area contributed by atoms with Crippen LogP contribution in [0.1, 0.15) is 13.8 Å². The monoisotopic (exact) mass is 472 g/mol. The minimum atomic E-state index is -1.81. The van der Waals surface area contributed by atoms with Crippen molar-refractivity contribution in [2.24, 2.45) is 0 Å². The summed E-state index contributed by atoms with van der Waals surface area (Å²) in [6, 6.07) is 0. The molecule has 3 aliphatic rings. The Labute approximate surface area is 183 Å². The minimum absolute atomic E-state index is 0.740. The molecule has 3 saturated heterocycles. The average molecular weight is 472 g/mol. The third kappa shape index (κ3) is 4.94. The normalized spacial score (nSPS) is 55.0. The summed E-state index contributed by atoms with van der Waals surface area (Å²) in [5, 5.41) is 90.6. The van der Waals surface area contributed by atoms with Crippen LogP contribution >= 0.6 is 0 Å². The van der Waals surface area contributed by atoms with E-state index in [4.69, 9.17) is 23.7 Å². The molecule has 14 nitrogen and oxygen atoms in total. The van der Waals surface area contributed by atoms with E-state index in [1.807, 2.05) is 0 Å². The molecule has 0 bridgehead atoms. The third-order valence-corrected chi connectivity index (χ3v) is 6.01. The van der Waals surface area contributed by atoms with Crippen molar-refractivity contribution in [1.82, 2.24) is 0 Å². The molecule has 15 atom stereocenters. The topological polar surface area (TPSA) is 228 Å². The van der Waals surface area contributed by atoms with E-state index >= 15 is 0 Å². The lowest BCUT2D eigenvalue weighted by molar-refractivity contribution is -0.375. The van der Waals surface area contributed by atoms with Crippen LogP contribution < -0.4 is 0 Å². The van der Waals surface area contributed by atoms with Crippen LogP contribution in [-0.4, -0.2) is 145 Å². The first kappa shape index (κ1) is 26.1. The van der Waals surface area contributed by atoms with Crippen molar-refractivity contribution in [1.29, 1.82) is 0 Å². The van der Waals surface area contributed by atoms with Crippen LogP contribution in [0.2, 0.25) is 0 Å². The highest BCUT2D eigenvalue weighted by molar-refractivity contribution is 4.95. The number of hydrogen-bond donors (Lipinski definition) is 9. The van der Waals surface area contributed by atoms with Crippen LogP contribution in [0.3, 0.4) is 0 Å². The Balaban J connectivity index is 1.70. The lowest BCUT2D eigenvalue weighted by Gasteiger charge is -2.47. The van der Waals surface area contributed by atoms with Gasteiger partial charge >= 0.3 is 0 Å². The van der Waals surface area contributed by atoms with Crippen molar-refractivity contribution in [3.8, 4) is 0 Å². The van der Waals surface area contributed by atoms with E-state index in [2.05, 4.69) is 0 Å². The molecule has 0 aromatic rings. The molecule has 3 heterocycles. The van der Waals surface area contributed by atoms with E-state index in [0.29, 0.717) is 0 Å². The molecule has 0 amide bonds. The Morgan fingerprint density at radius 2 is 1.09 bits per heavy atom. The molecule has 0 aliphatic carbocycles. The maximum atomic E-state index is 10.6. The second-order valence-electron chi connectivity index (χ2n) is 8.30. The molecule has 188 valence electrons. The molecular formula is C18H32O14. The molecular weight excluding hydrogens is 440 g/mol. The SMILES string of the molecule is C[C@@H]1O[C@H](O[C@H]2[C@H](O)[C@@H](O)[C@H](O[C@@H]3[C@@H](O)[C@H](C)O[C@@H](O)[C@@H]3O)O[C@@H]2CO)[C@H](O)[C@H](O)[C@H]1O. The van der Waals surface area contributed by atoms with Crippen LogP contribution in [0.4, 0.5) is 0 Å². The number of ether oxygens (including phenoxy) is 5. The van der Waals surface area contributed by atoms with Crippen LogP contribution in [-0.2, 0) is 23.7 Å². The Kier molecular flexibility index (Phi) is 8.44. The first-order chi connectivity index (χ1) is 15.0. The van der Waals surface area contributed by atoms with Crippen LogP contribution in [0.5, 0.6) is 0 Å². The summed E-state index contributed by atoms with van der Waals surface area (Å²) in [6.45, 7) is 2.10. The van der Waals surface area contributed by atoms with E-state index in [1.54, 1.807) is 0 Å². The predicted molar refractivity (Wildman–Crippen MR) is 98.4 cm³/mol. The van der Waals surface area contributed by atoms with E-state index < -0.39 is 98.7 Å². The van der Waals surface area contributed by atoms with Crippen molar-refractivity contribution >= 4 is 0 Å². The third-order valence-electron chi connectivity index (χ3n) is 6.01. The summed E-state index contributed by atoms with van der Waals surface area (Å²) in [5.41, 5.74) is 0. The highest BCUT2D eigenvalue weighted by atomic mass is 16.7. The molecule has 0 aromatic carbocycles. The highest BCUT2D eigenvalue weighted by Crippen LogP contribution is 2.31. The van der Waals surface area contributed by atoms with E-state index in [0.717, 1.165) is 0 Å². The molecule has 14 heteroatoms. The van der Waals surface area contributed by atoms with Crippen molar-refractivity contribution < 1.29 is 69.6 Å². The first-order valence-electron chi connectivity index (χ1n) is 10.3. The van der Waals surface area contributed by atoms with Crippen molar-refractivity contribution in [2.75, 3.05) is 6.61 Å². The zero-order valence-corrected chi connectivity index (χ0v) is 17.4. The van der Waals surface area contributed by atoms with Gasteiger partial charge in [-0.2, -0.15) is 0 Å². The fraction of sp³-hybridized carbons (Fsp3) is 1.00. The Bertz CT molecular complexity index is 594. The summed E-state index contributed by atoms with van der Waals surface area (Å²) in [5.74, 6) is 0.